The maximum absolute atomic E-state index is 15.3. The van der Waals surface area contributed by atoms with Gasteiger partial charge in [-0.15, -0.1) is 0 Å². The zero-order valence-electron chi connectivity index (χ0n) is 51.2. The first-order valence-electron chi connectivity index (χ1n) is 30.3. The number of carbonyl (C=O) groups is 9. The highest BCUT2D eigenvalue weighted by molar-refractivity contribution is 7.99. The second-order valence-electron chi connectivity index (χ2n) is 22.4. The largest absolute Gasteiger partial charge is 0.480 e. The number of benzene rings is 6. The number of sulfonamides is 1. The number of fused-ring (bicyclic) bond motifs is 1. The Kier molecular flexibility index (Phi) is 25.4. The molecule has 6 aromatic carbocycles. The van der Waals surface area contributed by atoms with Crippen LogP contribution in [0, 0.1) is 6.92 Å². The van der Waals surface area contributed by atoms with Crippen molar-refractivity contribution in [3.05, 3.63) is 209 Å². The maximum Gasteiger partial charge on any atom is 0.408 e. The lowest BCUT2D eigenvalue weighted by molar-refractivity contribution is -0.143. The van der Waals surface area contributed by atoms with Crippen molar-refractivity contribution in [1.29, 1.82) is 0 Å². The van der Waals surface area contributed by atoms with Crippen LogP contribution < -0.4 is 41.9 Å². The molecule has 0 saturated carbocycles. The number of carboxylic acids is 1. The van der Waals surface area contributed by atoms with Crippen molar-refractivity contribution >= 4 is 86.6 Å². The number of aliphatic carboxylic acids is 1. The molecule has 93 heavy (non-hydrogen) atoms. The van der Waals surface area contributed by atoms with Gasteiger partial charge in [-0.3, -0.25) is 38.1 Å². The molecule has 8 rings (SSSR count). The Hall–Kier alpha value is -9.69. The molecule has 1 fully saturated rings. The number of unbranched alkanes of at least 4 members (excludes halogenated alkanes) is 1. The zero-order valence-corrected chi connectivity index (χ0v) is 52.9. The standard InChI is InChI=1S/C68H75N9O14S2/c1-44-30-32-51(33-31-44)93(88,89)69-34-18-17-28-53-61(79)76-60(45(2)90-39-48-23-11-5-12-24-48)66(84)74-58(67(85)86)42-92-41-57(73-63(81)55(36-47-21-9-4-10-22-47)75-68(87)91-40-49-25-13-6-14-26-49)65(83)71-54(35-46-19-7-3-8-20-46)62(80)72-56(64(82)70-53)37-50-38-77(43-78)59-29-16-15-27-52(50)59/h3-16,19-27,29-33,38,43,45,53-58,60,69H,17-18,28,34-37,39-42H2,1-2H3,(H,70,82)(H,71,83)(H,72,80)(H,73,81)(H,74,84)(H,75,87)(H,76,79)(H,85,86)/t45-,53+,54+,55-,56-,57+,58+,60-/m1/s1. The summed E-state index contributed by atoms with van der Waals surface area (Å²) < 4.78 is 42.1. The maximum atomic E-state index is 15.3. The lowest BCUT2D eigenvalue weighted by Crippen LogP contribution is -2.61. The Labute approximate surface area is 543 Å². The highest BCUT2D eigenvalue weighted by atomic mass is 32.2. The molecule has 1 aliphatic rings. The molecule has 1 aliphatic heterocycles. The van der Waals surface area contributed by atoms with Gasteiger partial charge in [-0.2, -0.15) is 11.8 Å². The van der Waals surface area contributed by atoms with Crippen molar-refractivity contribution in [3.63, 3.8) is 0 Å². The number of hydrogen-bond donors (Lipinski definition) is 9. The monoisotopic (exact) mass is 1310 g/mol. The normalized spacial score (nSPS) is 19.3. The van der Waals surface area contributed by atoms with Gasteiger partial charge < -0.3 is 51.8 Å². The molecule has 0 bridgehead atoms. The van der Waals surface area contributed by atoms with Crippen molar-refractivity contribution in [3.8, 4) is 0 Å². The summed E-state index contributed by atoms with van der Waals surface area (Å²) in [6.07, 6.45) is -0.578. The zero-order chi connectivity index (χ0) is 66.3. The van der Waals surface area contributed by atoms with Crippen molar-refractivity contribution in [1.82, 2.24) is 46.5 Å². The average Bonchev–Trinajstić information content (AvgIpc) is 1.72. The van der Waals surface area contributed by atoms with Crippen LogP contribution in [0.5, 0.6) is 0 Å². The molecular weight excluding hydrogens is 1230 g/mol. The molecule has 0 aliphatic carbocycles. The number of hydrogen-bond acceptors (Lipinski definition) is 14. The molecule has 0 spiro atoms. The number of rotatable bonds is 24. The Morgan fingerprint density at radius 2 is 1.20 bits per heavy atom. The molecule has 0 unspecified atom stereocenters. The van der Waals surface area contributed by atoms with Crippen LogP contribution in [0.4, 0.5) is 4.79 Å². The topological polar surface area (TPSA) is 328 Å². The fourth-order valence-corrected chi connectivity index (χ4v) is 12.4. The van der Waals surface area contributed by atoms with E-state index >= 15 is 19.2 Å². The number of nitrogens with zero attached hydrogens (tertiary/aromatic N) is 1. The quantitative estimate of drug-likeness (QED) is 0.0290. The fraction of sp³-hybridized carbons (Fsp3) is 0.309. The van der Waals surface area contributed by atoms with Gasteiger partial charge in [-0.1, -0.05) is 157 Å². The summed E-state index contributed by atoms with van der Waals surface area (Å²) in [7, 11) is -3.96. The molecule has 7 amide bonds. The van der Waals surface area contributed by atoms with Crippen LogP contribution in [0.2, 0.25) is 0 Å². The number of alkyl carbamates (subject to hydrolysis) is 1. The molecule has 7 aromatic rings. The molecule has 23 nitrogen and oxygen atoms in total. The molecule has 2 heterocycles. The van der Waals surface area contributed by atoms with E-state index in [1.54, 1.807) is 158 Å². The molecule has 0 radical (unpaired) electrons. The molecule has 25 heteroatoms. The third-order valence-electron chi connectivity index (χ3n) is 15.4. The first-order chi connectivity index (χ1) is 44.8. The van der Waals surface area contributed by atoms with Crippen LogP contribution in [0.1, 0.15) is 59.6 Å². The van der Waals surface area contributed by atoms with Gasteiger partial charge in [0, 0.05) is 48.9 Å². The van der Waals surface area contributed by atoms with Gasteiger partial charge in [0.05, 0.1) is 23.1 Å². The lowest BCUT2D eigenvalue weighted by atomic mass is 10.0. The lowest BCUT2D eigenvalue weighted by Gasteiger charge is -2.29. The number of para-hydroxylation sites is 1. The summed E-state index contributed by atoms with van der Waals surface area (Å²) in [4.78, 5) is 129. The van der Waals surface area contributed by atoms with Crippen LogP contribution in [0.25, 0.3) is 10.9 Å². The Morgan fingerprint density at radius 3 is 1.84 bits per heavy atom. The number of aryl methyl sites for hydroxylation is 1. The number of amides is 7. The van der Waals surface area contributed by atoms with E-state index in [1.165, 1.54) is 29.8 Å². The smallest absolute Gasteiger partial charge is 0.408 e. The molecule has 1 saturated heterocycles. The third kappa shape index (κ3) is 20.7. The second kappa shape index (κ2) is 34.1. The van der Waals surface area contributed by atoms with Gasteiger partial charge in [0.15, 0.2) is 0 Å². The minimum absolute atomic E-state index is 0.0356. The van der Waals surface area contributed by atoms with E-state index in [0.29, 0.717) is 45.1 Å². The van der Waals surface area contributed by atoms with Crippen molar-refractivity contribution in [2.24, 2.45) is 0 Å². The predicted octanol–water partition coefficient (Wildman–Crippen LogP) is 4.81. The summed E-state index contributed by atoms with van der Waals surface area (Å²) in [5.74, 6) is -7.92. The Bertz CT molecular complexity index is 3810. The first-order valence-corrected chi connectivity index (χ1v) is 32.9. The number of thioether (sulfide) groups is 1. The van der Waals surface area contributed by atoms with Crippen molar-refractivity contribution in [2.75, 3.05) is 18.1 Å². The summed E-state index contributed by atoms with van der Waals surface area (Å²) >= 11 is 0.845. The molecular formula is C68H75N9O14S2. The SMILES string of the molecule is Cc1ccc(S(=O)(=O)NCCCC[C@@H]2NC(=O)[C@@H](Cc3cn(C=O)c4ccccc34)NC(=O)[C@H](Cc3ccccc3)NC(=O)[C@@H](NC(=O)[C@@H](Cc3ccccc3)NC(=O)OCc3ccccc3)CSC[C@@H](C(=O)O)NC(=O)[C@@H]([C@@H](C)OCc3ccccc3)NC2=O)cc1. The van der Waals surface area contributed by atoms with E-state index in [0.717, 1.165) is 17.3 Å². The van der Waals surface area contributed by atoms with Gasteiger partial charge in [0.1, 0.15) is 48.9 Å². The average molecular weight is 1310 g/mol. The molecule has 9 N–H and O–H groups in total. The van der Waals surface area contributed by atoms with E-state index in [9.17, 15) is 37.5 Å². The summed E-state index contributed by atoms with van der Waals surface area (Å²) in [5.41, 5.74) is 4.28. The van der Waals surface area contributed by atoms with Gasteiger partial charge in [-0.25, -0.2) is 22.7 Å². The van der Waals surface area contributed by atoms with Gasteiger partial charge >= 0.3 is 12.1 Å². The number of ether oxygens (including phenoxy) is 2. The molecule has 8 atom stereocenters. The summed E-state index contributed by atoms with van der Waals surface area (Å²) in [6.45, 7) is 3.03. The Morgan fingerprint density at radius 1 is 0.645 bits per heavy atom. The van der Waals surface area contributed by atoms with Crippen LogP contribution in [-0.2, 0) is 90.3 Å². The van der Waals surface area contributed by atoms with Gasteiger partial charge in [-0.05, 0) is 79.1 Å². The number of aromatic nitrogens is 1. The van der Waals surface area contributed by atoms with E-state index in [1.807, 2.05) is 6.92 Å². The molecule has 488 valence electrons. The number of nitrogens with one attached hydrogen (secondary N) is 8. The van der Waals surface area contributed by atoms with Crippen molar-refractivity contribution < 1.29 is 66.1 Å². The van der Waals surface area contributed by atoms with Gasteiger partial charge in [0.25, 0.3) is 0 Å². The third-order valence-corrected chi connectivity index (χ3v) is 18.0. The summed E-state index contributed by atoms with van der Waals surface area (Å²) in [6, 6.07) is 37.1. The van der Waals surface area contributed by atoms with E-state index in [2.05, 4.69) is 41.9 Å². The number of carbonyl (C=O) groups excluding carboxylic acids is 8. The fourth-order valence-electron chi connectivity index (χ4n) is 10.3. The predicted molar refractivity (Wildman–Crippen MR) is 349 cm³/mol. The molecule has 1 aromatic heterocycles. The van der Waals surface area contributed by atoms with E-state index < -0.39 is 112 Å². The first kappa shape index (κ1) is 69.2. The van der Waals surface area contributed by atoms with E-state index in [-0.39, 0.29) is 68.9 Å². The van der Waals surface area contributed by atoms with Crippen LogP contribution >= 0.6 is 11.8 Å². The summed E-state index contributed by atoms with van der Waals surface area (Å²) in [5, 5.41) is 30.1. The highest BCUT2D eigenvalue weighted by Gasteiger charge is 2.37. The minimum atomic E-state index is -3.96. The van der Waals surface area contributed by atoms with Crippen LogP contribution in [0.15, 0.2) is 181 Å². The minimum Gasteiger partial charge on any atom is -0.480 e. The second-order valence-corrected chi connectivity index (χ2v) is 25.2. The van der Waals surface area contributed by atoms with Crippen LogP contribution in [0.3, 0.4) is 0 Å². The van der Waals surface area contributed by atoms with Crippen molar-refractivity contribution in [2.45, 2.75) is 119 Å². The van der Waals surface area contributed by atoms with Crippen LogP contribution in [-0.4, -0.2) is 138 Å². The number of carboxylic acid groups (broad SMARTS) is 1. The van der Waals surface area contributed by atoms with Gasteiger partial charge in [0.2, 0.25) is 51.9 Å². The van der Waals surface area contributed by atoms with E-state index in [4.69, 9.17) is 9.47 Å². The Balaban J connectivity index is 1.16. The highest BCUT2D eigenvalue weighted by Crippen LogP contribution is 2.23.